The number of hydrogen-bond acceptors (Lipinski definition) is 6. The Morgan fingerprint density at radius 2 is 1.89 bits per heavy atom. The maximum atomic E-state index is 13.4. The molecule has 38 heavy (non-hydrogen) atoms. The van der Waals surface area contributed by atoms with Gasteiger partial charge in [-0.3, -0.25) is 14.5 Å². The Bertz CT molecular complexity index is 1140. The van der Waals surface area contributed by atoms with Gasteiger partial charge in [-0.25, -0.2) is 4.79 Å². The molecule has 1 heterocycles. The van der Waals surface area contributed by atoms with Gasteiger partial charge in [0, 0.05) is 58.0 Å². The number of fused-ring (bicyclic) bond motifs is 1. The van der Waals surface area contributed by atoms with Gasteiger partial charge >= 0.3 is 5.97 Å². The first-order chi connectivity index (χ1) is 18.1. The zero-order chi connectivity index (χ0) is 27.8. The number of nitrogens with zero attached hydrogens (tertiary/aromatic N) is 2. The van der Waals surface area contributed by atoms with Crippen LogP contribution in [0.4, 0.5) is 5.69 Å². The van der Waals surface area contributed by atoms with E-state index in [2.05, 4.69) is 17.1 Å². The molecule has 206 valence electrons. The lowest BCUT2D eigenvalue weighted by molar-refractivity contribution is -0.116. The van der Waals surface area contributed by atoms with E-state index in [4.69, 9.17) is 9.47 Å². The topological polar surface area (TPSA) is 108 Å². The van der Waals surface area contributed by atoms with Crippen LogP contribution in [0.3, 0.4) is 0 Å². The Morgan fingerprint density at radius 3 is 2.58 bits per heavy atom. The summed E-state index contributed by atoms with van der Waals surface area (Å²) in [6.45, 7) is 7.69. The van der Waals surface area contributed by atoms with Crippen molar-refractivity contribution in [2.45, 2.75) is 52.3 Å². The van der Waals surface area contributed by atoms with Crippen LogP contribution in [0.25, 0.3) is 0 Å². The number of rotatable bonds is 7. The molecule has 0 spiro atoms. The molecule has 0 radical (unpaired) electrons. The molecule has 3 rings (SSSR count). The number of carbonyl (C=O) groups is 3. The first-order valence-corrected chi connectivity index (χ1v) is 13.0. The molecular formula is C29H39N3O6. The van der Waals surface area contributed by atoms with Crippen molar-refractivity contribution in [2.75, 3.05) is 39.2 Å². The van der Waals surface area contributed by atoms with Crippen molar-refractivity contribution in [3.05, 3.63) is 59.2 Å². The van der Waals surface area contributed by atoms with Crippen molar-refractivity contribution in [1.82, 2.24) is 9.80 Å². The number of methoxy groups -OCH3 is 1. The second-order valence-corrected chi connectivity index (χ2v) is 10.00. The minimum Gasteiger partial charge on any atom is -0.491 e. The summed E-state index contributed by atoms with van der Waals surface area (Å²) in [5.74, 6) is -0.826. The molecule has 0 aromatic heterocycles. The molecule has 9 nitrogen and oxygen atoms in total. The van der Waals surface area contributed by atoms with Crippen LogP contribution < -0.4 is 10.1 Å². The van der Waals surface area contributed by atoms with E-state index in [1.807, 2.05) is 26.0 Å². The summed E-state index contributed by atoms with van der Waals surface area (Å²) in [6.07, 6.45) is 0.901. The Kier molecular flexibility index (Phi) is 10.3. The Hall–Kier alpha value is -3.43. The fourth-order valence-electron chi connectivity index (χ4n) is 4.68. The number of benzene rings is 2. The van der Waals surface area contributed by atoms with Crippen LogP contribution in [-0.2, 0) is 16.1 Å². The first-order valence-electron chi connectivity index (χ1n) is 13.0. The summed E-state index contributed by atoms with van der Waals surface area (Å²) < 4.78 is 12.0. The first kappa shape index (κ1) is 29.1. The van der Waals surface area contributed by atoms with Crippen LogP contribution in [0, 0.1) is 5.92 Å². The molecule has 1 aliphatic rings. The molecular weight excluding hydrogens is 486 g/mol. The van der Waals surface area contributed by atoms with Gasteiger partial charge in [0.2, 0.25) is 5.91 Å². The number of carboxylic acids is 1. The van der Waals surface area contributed by atoms with Gasteiger partial charge in [-0.05, 0) is 43.0 Å². The standard InChI is InChI=1S/C29H39N3O6/c1-6-9-27(33)30-22-12-13-24-25(14-22)38-18-20(3)32(16-21-10-7-8-11-23(21)29(35)36)15-19(2)26(37-5)17-31(4)28(24)34/h7-8,10-14,19-20,26H,6,9,15-18H2,1-5H3,(H,30,33)(H,35,36)/t19-,20-,26-/m1/s1. The maximum Gasteiger partial charge on any atom is 0.336 e. The van der Waals surface area contributed by atoms with E-state index in [0.717, 1.165) is 6.42 Å². The van der Waals surface area contributed by atoms with Crippen molar-refractivity contribution < 1.29 is 29.0 Å². The van der Waals surface area contributed by atoms with Gasteiger partial charge in [0.15, 0.2) is 0 Å². The number of amides is 2. The van der Waals surface area contributed by atoms with Crippen molar-refractivity contribution in [3.8, 4) is 5.75 Å². The number of aromatic carboxylic acids is 1. The maximum absolute atomic E-state index is 13.4. The second-order valence-electron chi connectivity index (χ2n) is 10.00. The Balaban J connectivity index is 1.96. The number of carbonyl (C=O) groups excluding carboxylic acids is 2. The normalized spacial score (nSPS) is 21.0. The molecule has 0 unspecified atom stereocenters. The number of nitrogens with one attached hydrogen (secondary N) is 1. The van der Waals surface area contributed by atoms with Crippen LogP contribution in [0.5, 0.6) is 5.75 Å². The lowest BCUT2D eigenvalue weighted by atomic mass is 10.00. The van der Waals surface area contributed by atoms with Crippen molar-refractivity contribution in [3.63, 3.8) is 0 Å². The van der Waals surface area contributed by atoms with Gasteiger partial charge in [-0.15, -0.1) is 0 Å². The molecule has 3 atom stereocenters. The van der Waals surface area contributed by atoms with Crippen LogP contribution in [0.2, 0.25) is 0 Å². The van der Waals surface area contributed by atoms with E-state index in [-0.39, 0.29) is 42.0 Å². The van der Waals surface area contributed by atoms with E-state index in [1.54, 1.807) is 49.4 Å². The largest absolute Gasteiger partial charge is 0.491 e. The van der Waals surface area contributed by atoms with Crippen LogP contribution in [-0.4, -0.2) is 78.7 Å². The molecule has 0 saturated carbocycles. The van der Waals surface area contributed by atoms with Gasteiger partial charge in [0.1, 0.15) is 12.4 Å². The Labute approximate surface area is 224 Å². The van der Waals surface area contributed by atoms with Gasteiger partial charge in [-0.1, -0.05) is 32.0 Å². The summed E-state index contributed by atoms with van der Waals surface area (Å²) in [4.78, 5) is 41.2. The third kappa shape index (κ3) is 7.33. The number of hydrogen-bond donors (Lipinski definition) is 2. The SMILES string of the molecule is CCCC(=O)Nc1ccc2c(c1)OC[C@@H](C)N(Cc1ccccc1C(=O)O)C[C@@H](C)[C@H](OC)CN(C)C2=O. The Morgan fingerprint density at radius 1 is 1.16 bits per heavy atom. The number of likely N-dealkylation sites (N-methyl/N-ethyl adjacent to an activating group) is 1. The van der Waals surface area contributed by atoms with E-state index in [9.17, 15) is 19.5 Å². The summed E-state index contributed by atoms with van der Waals surface area (Å²) in [7, 11) is 3.37. The highest BCUT2D eigenvalue weighted by Gasteiger charge is 2.29. The zero-order valence-electron chi connectivity index (χ0n) is 22.9. The van der Waals surface area contributed by atoms with Crippen molar-refractivity contribution in [1.29, 1.82) is 0 Å². The molecule has 0 saturated heterocycles. The van der Waals surface area contributed by atoms with E-state index in [1.165, 1.54) is 0 Å². The van der Waals surface area contributed by atoms with Crippen molar-refractivity contribution >= 4 is 23.5 Å². The summed E-state index contributed by atoms with van der Waals surface area (Å²) in [5, 5.41) is 12.6. The molecule has 0 aliphatic carbocycles. The molecule has 0 fully saturated rings. The average Bonchev–Trinajstić information content (AvgIpc) is 2.89. The number of anilines is 1. The van der Waals surface area contributed by atoms with Gasteiger partial charge in [0.05, 0.1) is 17.2 Å². The lowest BCUT2D eigenvalue weighted by Gasteiger charge is -2.36. The van der Waals surface area contributed by atoms with E-state index in [0.29, 0.717) is 48.6 Å². The zero-order valence-corrected chi connectivity index (χ0v) is 22.9. The fourth-order valence-corrected chi connectivity index (χ4v) is 4.68. The van der Waals surface area contributed by atoms with E-state index < -0.39 is 5.97 Å². The summed E-state index contributed by atoms with van der Waals surface area (Å²) >= 11 is 0. The molecule has 2 N–H and O–H groups in total. The monoisotopic (exact) mass is 525 g/mol. The molecule has 2 amide bonds. The molecule has 0 bridgehead atoms. The summed E-state index contributed by atoms with van der Waals surface area (Å²) in [5.41, 5.74) is 1.95. The minimum atomic E-state index is -0.964. The molecule has 9 heteroatoms. The molecule has 2 aromatic carbocycles. The second kappa shape index (κ2) is 13.4. The highest BCUT2D eigenvalue weighted by molar-refractivity contribution is 5.98. The van der Waals surface area contributed by atoms with Gasteiger partial charge in [0.25, 0.3) is 5.91 Å². The highest BCUT2D eigenvalue weighted by atomic mass is 16.5. The fraction of sp³-hybridized carbons (Fsp3) is 0.483. The van der Waals surface area contributed by atoms with Crippen LogP contribution >= 0.6 is 0 Å². The van der Waals surface area contributed by atoms with Crippen molar-refractivity contribution in [2.24, 2.45) is 5.92 Å². The van der Waals surface area contributed by atoms with Crippen LogP contribution in [0.15, 0.2) is 42.5 Å². The molecule has 1 aliphatic heterocycles. The average molecular weight is 526 g/mol. The van der Waals surface area contributed by atoms with Gasteiger partial charge in [-0.2, -0.15) is 0 Å². The predicted molar refractivity (Wildman–Crippen MR) is 146 cm³/mol. The number of carboxylic acid groups (broad SMARTS) is 1. The third-order valence-electron chi connectivity index (χ3n) is 6.96. The predicted octanol–water partition coefficient (Wildman–Crippen LogP) is 4.13. The smallest absolute Gasteiger partial charge is 0.336 e. The highest BCUT2D eigenvalue weighted by Crippen LogP contribution is 2.27. The van der Waals surface area contributed by atoms with Crippen LogP contribution in [0.1, 0.15) is 59.9 Å². The lowest BCUT2D eigenvalue weighted by Crippen LogP contribution is -2.46. The quantitative estimate of drug-likeness (QED) is 0.560. The number of ether oxygens (including phenoxy) is 2. The van der Waals surface area contributed by atoms with E-state index >= 15 is 0 Å². The molecule has 2 aromatic rings. The van der Waals surface area contributed by atoms with Gasteiger partial charge < -0.3 is 24.8 Å². The third-order valence-corrected chi connectivity index (χ3v) is 6.96. The minimum absolute atomic E-state index is 0.0461. The summed E-state index contributed by atoms with van der Waals surface area (Å²) in [6, 6.07) is 12.0.